The van der Waals surface area contributed by atoms with E-state index in [1.165, 1.54) is 0 Å². The first kappa shape index (κ1) is 14.2. The average molecular weight is 312 g/mol. The highest BCUT2D eigenvalue weighted by atomic mass is 16.2. The van der Waals surface area contributed by atoms with Crippen LogP contribution in [-0.2, 0) is 4.79 Å². The van der Waals surface area contributed by atoms with Crippen LogP contribution in [0.5, 0.6) is 0 Å². The van der Waals surface area contributed by atoms with E-state index < -0.39 is 0 Å². The number of fused-ring (bicyclic) bond motifs is 1. The van der Waals surface area contributed by atoms with Gasteiger partial charge in [-0.2, -0.15) is 0 Å². The standard InChI is InChI=1S/C17H20N4O2/c1-11-18-14-5-4-13(10-15(14)19-11)17(23)21-8-6-20(7-9-21)16(22)12-2-3-12/h4-5,10,12H,2-3,6-9H2,1H3,(H,18,19). The molecule has 2 amide bonds. The lowest BCUT2D eigenvalue weighted by Gasteiger charge is -2.35. The van der Waals surface area contributed by atoms with Gasteiger partial charge in [-0.15, -0.1) is 0 Å². The molecule has 0 bridgehead atoms. The summed E-state index contributed by atoms with van der Waals surface area (Å²) in [5.74, 6) is 1.39. The smallest absolute Gasteiger partial charge is 0.254 e. The monoisotopic (exact) mass is 312 g/mol. The summed E-state index contributed by atoms with van der Waals surface area (Å²) in [5, 5.41) is 0. The molecule has 23 heavy (non-hydrogen) atoms. The van der Waals surface area contributed by atoms with Crippen molar-refractivity contribution in [3.63, 3.8) is 0 Å². The van der Waals surface area contributed by atoms with Crippen molar-refractivity contribution in [2.75, 3.05) is 26.2 Å². The zero-order valence-electron chi connectivity index (χ0n) is 13.2. The maximum atomic E-state index is 12.7. The fraction of sp³-hybridized carbons (Fsp3) is 0.471. The van der Waals surface area contributed by atoms with Crippen molar-refractivity contribution in [3.05, 3.63) is 29.6 Å². The van der Waals surface area contributed by atoms with E-state index in [2.05, 4.69) is 9.97 Å². The maximum absolute atomic E-state index is 12.7. The zero-order chi connectivity index (χ0) is 16.0. The lowest BCUT2D eigenvalue weighted by molar-refractivity contribution is -0.134. The normalized spacial score (nSPS) is 18.5. The van der Waals surface area contributed by atoms with Gasteiger partial charge in [-0.1, -0.05) is 0 Å². The summed E-state index contributed by atoms with van der Waals surface area (Å²) in [6.45, 7) is 4.41. The second-order valence-corrected chi connectivity index (χ2v) is 6.45. The number of rotatable bonds is 2. The van der Waals surface area contributed by atoms with Crippen molar-refractivity contribution >= 4 is 22.8 Å². The van der Waals surface area contributed by atoms with Gasteiger partial charge in [0.1, 0.15) is 5.82 Å². The summed E-state index contributed by atoms with van der Waals surface area (Å²) in [6, 6.07) is 5.56. The van der Waals surface area contributed by atoms with Crippen LogP contribution in [0.2, 0.25) is 0 Å². The number of hydrogen-bond donors (Lipinski definition) is 1. The summed E-state index contributed by atoms with van der Waals surface area (Å²) in [4.78, 5) is 36.0. The van der Waals surface area contributed by atoms with Crippen LogP contribution in [0.1, 0.15) is 29.0 Å². The van der Waals surface area contributed by atoms with Gasteiger partial charge in [0.2, 0.25) is 5.91 Å². The molecule has 1 saturated carbocycles. The van der Waals surface area contributed by atoms with E-state index in [1.54, 1.807) is 0 Å². The van der Waals surface area contributed by atoms with E-state index in [0.29, 0.717) is 31.7 Å². The van der Waals surface area contributed by atoms with Gasteiger partial charge in [0, 0.05) is 37.7 Å². The van der Waals surface area contributed by atoms with Gasteiger partial charge in [0.25, 0.3) is 5.91 Å². The fourth-order valence-corrected chi connectivity index (χ4v) is 3.17. The molecule has 1 N–H and O–H groups in total. The van der Waals surface area contributed by atoms with E-state index >= 15 is 0 Å². The second-order valence-electron chi connectivity index (χ2n) is 6.45. The van der Waals surface area contributed by atoms with Crippen LogP contribution in [0.15, 0.2) is 18.2 Å². The van der Waals surface area contributed by atoms with E-state index in [0.717, 1.165) is 29.7 Å². The van der Waals surface area contributed by atoms with Gasteiger partial charge in [-0.05, 0) is 38.0 Å². The number of piperazine rings is 1. The van der Waals surface area contributed by atoms with E-state index in [-0.39, 0.29) is 17.7 Å². The molecular weight excluding hydrogens is 292 g/mol. The largest absolute Gasteiger partial charge is 0.342 e. The van der Waals surface area contributed by atoms with Gasteiger partial charge in [-0.25, -0.2) is 4.98 Å². The molecule has 2 heterocycles. The minimum absolute atomic E-state index is 0.0256. The summed E-state index contributed by atoms with van der Waals surface area (Å²) >= 11 is 0. The molecule has 1 aliphatic carbocycles. The summed E-state index contributed by atoms with van der Waals surface area (Å²) in [6.07, 6.45) is 2.06. The van der Waals surface area contributed by atoms with Gasteiger partial charge < -0.3 is 14.8 Å². The molecule has 1 saturated heterocycles. The summed E-state index contributed by atoms with van der Waals surface area (Å²) < 4.78 is 0. The molecule has 1 aliphatic heterocycles. The lowest BCUT2D eigenvalue weighted by Crippen LogP contribution is -2.51. The molecule has 0 atom stereocenters. The zero-order valence-corrected chi connectivity index (χ0v) is 13.2. The Hall–Kier alpha value is -2.37. The molecule has 0 spiro atoms. The van der Waals surface area contributed by atoms with E-state index in [1.807, 2.05) is 34.9 Å². The number of H-pyrrole nitrogens is 1. The minimum atomic E-state index is 0.0256. The van der Waals surface area contributed by atoms with Crippen LogP contribution in [0.25, 0.3) is 11.0 Å². The van der Waals surface area contributed by atoms with Crippen LogP contribution in [0.3, 0.4) is 0 Å². The molecule has 4 rings (SSSR count). The highest BCUT2D eigenvalue weighted by Crippen LogP contribution is 2.31. The minimum Gasteiger partial charge on any atom is -0.342 e. The van der Waals surface area contributed by atoms with Crippen molar-refractivity contribution in [2.45, 2.75) is 19.8 Å². The van der Waals surface area contributed by atoms with Crippen LogP contribution in [0, 0.1) is 12.8 Å². The van der Waals surface area contributed by atoms with E-state index in [4.69, 9.17) is 0 Å². The molecule has 6 heteroatoms. The molecule has 1 aromatic carbocycles. The van der Waals surface area contributed by atoms with Crippen molar-refractivity contribution in [2.24, 2.45) is 5.92 Å². The quantitative estimate of drug-likeness (QED) is 0.915. The Morgan fingerprint density at radius 2 is 1.83 bits per heavy atom. The van der Waals surface area contributed by atoms with Crippen molar-refractivity contribution < 1.29 is 9.59 Å². The molecule has 2 fully saturated rings. The van der Waals surface area contributed by atoms with Crippen LogP contribution < -0.4 is 0 Å². The molecule has 2 aliphatic rings. The first-order valence-corrected chi connectivity index (χ1v) is 8.16. The number of amides is 2. The predicted molar refractivity (Wildman–Crippen MR) is 86.0 cm³/mol. The number of benzene rings is 1. The predicted octanol–water partition coefficient (Wildman–Crippen LogP) is 1.57. The molecule has 120 valence electrons. The summed E-state index contributed by atoms with van der Waals surface area (Å²) in [7, 11) is 0. The number of aryl methyl sites for hydroxylation is 1. The van der Waals surface area contributed by atoms with Gasteiger partial charge >= 0.3 is 0 Å². The third-order valence-electron chi connectivity index (χ3n) is 4.65. The number of nitrogens with one attached hydrogen (secondary N) is 1. The first-order valence-electron chi connectivity index (χ1n) is 8.16. The highest BCUT2D eigenvalue weighted by molar-refractivity contribution is 5.97. The van der Waals surface area contributed by atoms with Crippen molar-refractivity contribution in [3.8, 4) is 0 Å². The number of imidazole rings is 1. The van der Waals surface area contributed by atoms with Crippen molar-refractivity contribution in [1.29, 1.82) is 0 Å². The lowest BCUT2D eigenvalue weighted by atomic mass is 10.1. The second kappa shape index (κ2) is 5.37. The molecule has 0 radical (unpaired) electrons. The summed E-state index contributed by atoms with van der Waals surface area (Å²) in [5.41, 5.74) is 2.43. The topological polar surface area (TPSA) is 69.3 Å². The number of hydrogen-bond acceptors (Lipinski definition) is 3. The van der Waals surface area contributed by atoms with Gasteiger partial charge in [0.15, 0.2) is 0 Å². The Bertz CT molecular complexity index is 770. The molecule has 6 nitrogen and oxygen atoms in total. The molecule has 1 aromatic heterocycles. The Labute approximate surface area is 134 Å². The number of carbonyl (C=O) groups excluding carboxylic acids is 2. The Morgan fingerprint density at radius 3 is 2.52 bits per heavy atom. The van der Waals surface area contributed by atoms with Crippen LogP contribution >= 0.6 is 0 Å². The number of aromatic amines is 1. The molecule has 0 unspecified atom stereocenters. The Kier molecular flexibility index (Phi) is 3.32. The highest BCUT2D eigenvalue weighted by Gasteiger charge is 2.35. The van der Waals surface area contributed by atoms with Crippen LogP contribution in [-0.4, -0.2) is 57.8 Å². The van der Waals surface area contributed by atoms with Crippen LogP contribution in [0.4, 0.5) is 0 Å². The number of nitrogens with zero attached hydrogens (tertiary/aromatic N) is 3. The Balaban J connectivity index is 1.45. The SMILES string of the molecule is Cc1nc2ccc(C(=O)N3CCN(C(=O)C4CC4)CC3)cc2[nH]1. The first-order chi connectivity index (χ1) is 11.1. The van der Waals surface area contributed by atoms with E-state index in [9.17, 15) is 9.59 Å². The molecular formula is C17H20N4O2. The third-order valence-corrected chi connectivity index (χ3v) is 4.65. The number of carbonyl (C=O) groups is 2. The molecule has 2 aromatic rings. The maximum Gasteiger partial charge on any atom is 0.254 e. The van der Waals surface area contributed by atoms with Gasteiger partial charge in [0.05, 0.1) is 11.0 Å². The number of aromatic nitrogens is 2. The van der Waals surface area contributed by atoms with Gasteiger partial charge in [-0.3, -0.25) is 9.59 Å². The average Bonchev–Trinajstić information content (AvgIpc) is 3.34. The third kappa shape index (κ3) is 2.69. The Morgan fingerprint density at radius 1 is 1.13 bits per heavy atom. The fourth-order valence-electron chi connectivity index (χ4n) is 3.17. The van der Waals surface area contributed by atoms with Crippen molar-refractivity contribution in [1.82, 2.24) is 19.8 Å².